The highest BCUT2D eigenvalue weighted by Gasteiger charge is 2.17. The second-order valence-electron chi connectivity index (χ2n) is 6.55. The molecule has 0 aliphatic carbocycles. The molecule has 144 valence electrons. The number of nitrogens with zero attached hydrogens (tertiary/aromatic N) is 2. The van der Waals surface area contributed by atoms with E-state index in [1.54, 1.807) is 12.1 Å². The maximum atomic E-state index is 11.5. The summed E-state index contributed by atoms with van der Waals surface area (Å²) in [5, 5.41) is 15.3. The van der Waals surface area contributed by atoms with Crippen LogP contribution in [0.5, 0.6) is 0 Å². The van der Waals surface area contributed by atoms with Gasteiger partial charge >= 0.3 is 5.69 Å². The molecule has 0 atom stereocenters. The van der Waals surface area contributed by atoms with Crippen molar-refractivity contribution < 1.29 is 9.72 Å². The van der Waals surface area contributed by atoms with Gasteiger partial charge in [-0.2, -0.15) is 0 Å². The van der Waals surface area contributed by atoms with Crippen molar-refractivity contribution in [1.82, 2.24) is 4.98 Å². The number of primary amides is 1. The number of para-hydroxylation sites is 1. The van der Waals surface area contributed by atoms with Gasteiger partial charge in [0, 0.05) is 17.5 Å². The highest BCUT2D eigenvalue weighted by molar-refractivity contribution is 5.95. The molecule has 3 rings (SSSR count). The molecule has 1 aromatic heterocycles. The van der Waals surface area contributed by atoms with Crippen LogP contribution in [0.3, 0.4) is 0 Å². The fourth-order valence-corrected chi connectivity index (χ4v) is 3.26. The van der Waals surface area contributed by atoms with Gasteiger partial charge in [0.05, 0.1) is 10.4 Å². The second-order valence-corrected chi connectivity index (χ2v) is 6.55. The van der Waals surface area contributed by atoms with Crippen LogP contribution < -0.4 is 11.1 Å². The number of nitrogens with one attached hydrogen (secondary N) is 1. The second kappa shape index (κ2) is 8.94. The number of anilines is 1. The van der Waals surface area contributed by atoms with E-state index in [0.717, 1.165) is 42.1 Å². The minimum absolute atomic E-state index is 0.0194. The predicted octanol–water partition coefficient (Wildman–Crippen LogP) is 4.07. The van der Waals surface area contributed by atoms with Crippen molar-refractivity contribution in [2.75, 3.05) is 11.9 Å². The summed E-state index contributed by atoms with van der Waals surface area (Å²) in [5.74, 6) is -0.408. The summed E-state index contributed by atoms with van der Waals surface area (Å²) in [5.41, 5.74) is 8.14. The summed E-state index contributed by atoms with van der Waals surface area (Å²) in [4.78, 5) is 26.5. The molecular formula is C21H22N4O3. The lowest BCUT2D eigenvalue weighted by Crippen LogP contribution is -2.13. The summed E-state index contributed by atoms with van der Waals surface area (Å²) in [6.45, 7) is 0.617. The lowest BCUT2D eigenvalue weighted by atomic mass is 10.0. The zero-order valence-electron chi connectivity index (χ0n) is 15.4. The van der Waals surface area contributed by atoms with Crippen LogP contribution in [0.1, 0.15) is 35.2 Å². The molecule has 3 N–H and O–H groups in total. The Morgan fingerprint density at radius 3 is 2.61 bits per heavy atom. The molecule has 7 nitrogen and oxygen atoms in total. The van der Waals surface area contributed by atoms with Crippen LogP contribution in [-0.4, -0.2) is 22.4 Å². The number of unbranched alkanes of at least 4 members (excludes halogenated alkanes) is 2. The van der Waals surface area contributed by atoms with Crippen LogP contribution in [0.2, 0.25) is 0 Å². The van der Waals surface area contributed by atoms with Crippen LogP contribution >= 0.6 is 0 Å². The lowest BCUT2D eigenvalue weighted by molar-refractivity contribution is -0.384. The van der Waals surface area contributed by atoms with E-state index in [-0.39, 0.29) is 5.69 Å². The number of pyridine rings is 1. The van der Waals surface area contributed by atoms with Crippen molar-refractivity contribution in [2.24, 2.45) is 5.73 Å². The minimum atomic E-state index is -0.414. The highest BCUT2D eigenvalue weighted by Crippen LogP contribution is 2.31. The third kappa shape index (κ3) is 4.43. The average Bonchev–Trinajstić information content (AvgIpc) is 2.70. The number of amides is 1. The molecule has 0 unspecified atom stereocenters. The Labute approximate surface area is 162 Å². The van der Waals surface area contributed by atoms with Gasteiger partial charge in [-0.15, -0.1) is 0 Å². The summed E-state index contributed by atoms with van der Waals surface area (Å²) < 4.78 is 0. The zero-order valence-corrected chi connectivity index (χ0v) is 15.4. The number of nitrogens with two attached hydrogens (primary N) is 1. The molecule has 7 heteroatoms. The van der Waals surface area contributed by atoms with Crippen molar-refractivity contribution >= 4 is 28.2 Å². The van der Waals surface area contributed by atoms with E-state index in [0.29, 0.717) is 17.8 Å². The van der Waals surface area contributed by atoms with Gasteiger partial charge in [-0.25, -0.2) is 4.98 Å². The number of benzene rings is 2. The van der Waals surface area contributed by atoms with Crippen molar-refractivity contribution in [3.05, 3.63) is 76.0 Å². The fraction of sp³-hybridized carbons (Fsp3) is 0.238. The number of aryl methyl sites for hydroxylation is 1. The Hall–Kier alpha value is -3.48. The molecular weight excluding hydrogens is 356 g/mol. The van der Waals surface area contributed by atoms with Crippen LogP contribution in [-0.2, 0) is 6.42 Å². The number of fused-ring (bicyclic) bond motifs is 1. The molecule has 0 radical (unpaired) electrons. The molecule has 0 saturated carbocycles. The largest absolute Gasteiger partial charge is 0.379 e. The third-order valence-corrected chi connectivity index (χ3v) is 4.66. The van der Waals surface area contributed by atoms with E-state index < -0.39 is 10.8 Å². The van der Waals surface area contributed by atoms with Crippen LogP contribution in [0, 0.1) is 10.1 Å². The topological polar surface area (TPSA) is 111 Å². The molecule has 0 aliphatic rings. The van der Waals surface area contributed by atoms with Crippen LogP contribution in [0.15, 0.2) is 54.7 Å². The lowest BCUT2D eigenvalue weighted by Gasteiger charge is -2.10. The minimum Gasteiger partial charge on any atom is -0.379 e. The number of hydrogen-bond acceptors (Lipinski definition) is 5. The Bertz CT molecular complexity index is 1000. The van der Waals surface area contributed by atoms with Crippen molar-refractivity contribution in [3.63, 3.8) is 0 Å². The maximum Gasteiger partial charge on any atom is 0.311 e. The van der Waals surface area contributed by atoms with Crippen LogP contribution in [0.25, 0.3) is 10.9 Å². The van der Waals surface area contributed by atoms with Gasteiger partial charge in [-0.1, -0.05) is 42.8 Å². The van der Waals surface area contributed by atoms with Gasteiger partial charge in [-0.3, -0.25) is 14.9 Å². The van der Waals surface area contributed by atoms with E-state index in [9.17, 15) is 14.9 Å². The van der Waals surface area contributed by atoms with Gasteiger partial charge in [0.2, 0.25) is 5.91 Å². The summed E-state index contributed by atoms with van der Waals surface area (Å²) in [6.07, 6.45) is 4.76. The number of carbonyl (C=O) groups excluding carboxylic acids is 1. The molecule has 0 fully saturated rings. The number of hydrogen-bond donors (Lipinski definition) is 2. The summed E-state index contributed by atoms with van der Waals surface area (Å²) in [7, 11) is 0. The molecule has 0 aliphatic heterocycles. The molecule has 3 aromatic rings. The first-order chi connectivity index (χ1) is 13.6. The quantitative estimate of drug-likeness (QED) is 0.331. The number of nitro groups is 1. The Morgan fingerprint density at radius 2 is 1.82 bits per heavy atom. The molecule has 1 heterocycles. The number of carbonyl (C=O) groups is 1. The van der Waals surface area contributed by atoms with Crippen molar-refractivity contribution in [2.45, 2.75) is 25.7 Å². The SMILES string of the molecule is NC(=O)c1ccccc1CCCCCNc1c([N+](=O)[O-])cnc2ccccc12. The van der Waals surface area contributed by atoms with E-state index in [1.165, 1.54) is 6.20 Å². The Morgan fingerprint density at radius 1 is 1.07 bits per heavy atom. The summed E-state index contributed by atoms with van der Waals surface area (Å²) >= 11 is 0. The van der Waals surface area contributed by atoms with Crippen molar-refractivity contribution in [1.29, 1.82) is 0 Å². The van der Waals surface area contributed by atoms with E-state index in [1.807, 2.05) is 36.4 Å². The molecule has 0 saturated heterocycles. The van der Waals surface area contributed by atoms with Gasteiger partial charge in [0.1, 0.15) is 11.9 Å². The van der Waals surface area contributed by atoms with Crippen LogP contribution in [0.4, 0.5) is 11.4 Å². The first-order valence-corrected chi connectivity index (χ1v) is 9.21. The standard InChI is InChI=1S/C21H22N4O3/c22-21(26)16-10-4-3-9-15(16)8-2-1-7-13-23-20-17-11-5-6-12-18(17)24-14-19(20)25(27)28/h3-6,9-12,14H,1-2,7-8,13H2,(H2,22,26)(H,23,24). The van der Waals surface area contributed by atoms with Gasteiger partial charge in [0.25, 0.3) is 0 Å². The third-order valence-electron chi connectivity index (χ3n) is 4.66. The highest BCUT2D eigenvalue weighted by atomic mass is 16.6. The first kappa shape index (κ1) is 19.3. The average molecular weight is 378 g/mol. The monoisotopic (exact) mass is 378 g/mol. The first-order valence-electron chi connectivity index (χ1n) is 9.21. The Kier molecular flexibility index (Phi) is 6.16. The van der Waals surface area contributed by atoms with Crippen molar-refractivity contribution in [3.8, 4) is 0 Å². The maximum absolute atomic E-state index is 11.5. The number of aromatic nitrogens is 1. The van der Waals surface area contributed by atoms with Gasteiger partial charge in [0.15, 0.2) is 0 Å². The molecule has 0 spiro atoms. The Balaban J connectivity index is 1.57. The van der Waals surface area contributed by atoms with E-state index in [2.05, 4.69) is 10.3 Å². The van der Waals surface area contributed by atoms with E-state index in [4.69, 9.17) is 5.73 Å². The van der Waals surface area contributed by atoms with Gasteiger partial charge in [-0.05, 0) is 37.0 Å². The van der Waals surface area contributed by atoms with E-state index >= 15 is 0 Å². The normalized spacial score (nSPS) is 10.7. The van der Waals surface area contributed by atoms with Gasteiger partial charge < -0.3 is 11.1 Å². The number of rotatable bonds is 9. The molecule has 1 amide bonds. The zero-order chi connectivity index (χ0) is 19.9. The molecule has 28 heavy (non-hydrogen) atoms. The predicted molar refractivity (Wildman–Crippen MR) is 109 cm³/mol. The fourth-order valence-electron chi connectivity index (χ4n) is 3.26. The molecule has 0 bridgehead atoms. The smallest absolute Gasteiger partial charge is 0.311 e. The molecule has 2 aromatic carbocycles. The summed E-state index contributed by atoms with van der Waals surface area (Å²) in [6, 6.07) is 14.7.